The zero-order valence-electron chi connectivity index (χ0n) is 22.7. The minimum absolute atomic E-state index is 0.0468. The van der Waals surface area contributed by atoms with Gasteiger partial charge in [0.1, 0.15) is 12.3 Å². The number of hydrogen-bond donors (Lipinski definition) is 2. The Morgan fingerprint density at radius 2 is 1.57 bits per heavy atom. The lowest BCUT2D eigenvalue weighted by atomic mass is 10.1. The highest BCUT2D eigenvalue weighted by Gasteiger charge is 2.31. The third-order valence-corrected chi connectivity index (χ3v) is 7.89. The molecule has 0 saturated heterocycles. The van der Waals surface area contributed by atoms with Gasteiger partial charge in [-0.25, -0.2) is 8.42 Å². The SMILES string of the molecule is CCCCNC(=O)c1ccccc1NC(=O)CN(c1cc(Cl)ccc1OC)S(=O)(=O)c1ccc(OC)c(OC)c1. The van der Waals surface area contributed by atoms with Crippen LogP contribution in [-0.2, 0) is 14.8 Å². The Hall–Kier alpha value is -3.96. The molecule has 0 atom stereocenters. The second kappa shape index (κ2) is 13.9. The predicted molar refractivity (Wildman–Crippen MR) is 154 cm³/mol. The first kappa shape index (κ1) is 30.6. The summed E-state index contributed by atoms with van der Waals surface area (Å²) in [5.74, 6) is -0.346. The molecule has 3 aromatic carbocycles. The zero-order valence-corrected chi connectivity index (χ0v) is 24.3. The molecule has 0 aliphatic heterocycles. The van der Waals surface area contributed by atoms with Gasteiger partial charge in [-0.15, -0.1) is 0 Å². The van der Waals surface area contributed by atoms with Gasteiger partial charge in [0.2, 0.25) is 5.91 Å². The fraction of sp³-hybridized carbons (Fsp3) is 0.286. The molecule has 10 nitrogen and oxygen atoms in total. The number of anilines is 2. The smallest absolute Gasteiger partial charge is 0.265 e. The van der Waals surface area contributed by atoms with E-state index in [1.54, 1.807) is 30.3 Å². The highest BCUT2D eigenvalue weighted by molar-refractivity contribution is 7.92. The van der Waals surface area contributed by atoms with E-state index in [1.165, 1.54) is 51.7 Å². The largest absolute Gasteiger partial charge is 0.495 e. The molecule has 0 aliphatic rings. The van der Waals surface area contributed by atoms with Crippen molar-refractivity contribution in [1.82, 2.24) is 5.32 Å². The van der Waals surface area contributed by atoms with E-state index in [2.05, 4.69) is 10.6 Å². The summed E-state index contributed by atoms with van der Waals surface area (Å²) in [4.78, 5) is 25.9. The number of sulfonamides is 1. The molecule has 2 N–H and O–H groups in total. The molecule has 12 heteroatoms. The number of benzene rings is 3. The second-order valence-corrected chi connectivity index (χ2v) is 10.8. The van der Waals surface area contributed by atoms with Gasteiger partial charge in [-0.1, -0.05) is 37.1 Å². The summed E-state index contributed by atoms with van der Waals surface area (Å²) in [6.07, 6.45) is 1.72. The lowest BCUT2D eigenvalue weighted by Gasteiger charge is -2.26. The Labute approximate surface area is 239 Å². The summed E-state index contributed by atoms with van der Waals surface area (Å²) in [5.41, 5.74) is 0.537. The van der Waals surface area contributed by atoms with E-state index in [0.29, 0.717) is 12.3 Å². The number of carbonyl (C=O) groups excluding carboxylic acids is 2. The minimum Gasteiger partial charge on any atom is -0.495 e. The number of methoxy groups -OCH3 is 3. The molecular formula is C28H32ClN3O7S. The normalized spacial score (nSPS) is 10.9. The number of halogens is 1. The predicted octanol–water partition coefficient (Wildman–Crippen LogP) is 4.73. The summed E-state index contributed by atoms with van der Waals surface area (Å²) in [6, 6.07) is 15.0. The van der Waals surface area contributed by atoms with Crippen LogP contribution in [0.1, 0.15) is 30.1 Å². The minimum atomic E-state index is -4.37. The molecule has 2 amide bonds. The lowest BCUT2D eigenvalue weighted by molar-refractivity contribution is -0.114. The van der Waals surface area contributed by atoms with Crippen LogP contribution in [0.5, 0.6) is 17.2 Å². The van der Waals surface area contributed by atoms with Crippen molar-refractivity contribution < 1.29 is 32.2 Å². The molecule has 0 heterocycles. The van der Waals surface area contributed by atoms with Gasteiger partial charge < -0.3 is 24.8 Å². The summed E-state index contributed by atoms with van der Waals surface area (Å²) in [7, 11) is -0.178. The van der Waals surface area contributed by atoms with Crippen LogP contribution in [0.15, 0.2) is 65.6 Å². The maximum atomic E-state index is 14.0. The Morgan fingerprint density at radius 1 is 0.900 bits per heavy atom. The topological polar surface area (TPSA) is 123 Å². The number of nitrogens with one attached hydrogen (secondary N) is 2. The van der Waals surface area contributed by atoms with Crippen molar-refractivity contribution in [2.45, 2.75) is 24.7 Å². The van der Waals surface area contributed by atoms with Gasteiger partial charge in [0.05, 0.1) is 43.2 Å². The quantitative estimate of drug-likeness (QED) is 0.276. The van der Waals surface area contributed by atoms with Crippen LogP contribution in [0.4, 0.5) is 11.4 Å². The number of para-hydroxylation sites is 1. The number of rotatable bonds is 13. The number of hydrogen-bond acceptors (Lipinski definition) is 7. The number of ether oxygens (including phenoxy) is 3. The van der Waals surface area contributed by atoms with Gasteiger partial charge in [0.25, 0.3) is 15.9 Å². The van der Waals surface area contributed by atoms with Crippen molar-refractivity contribution in [3.63, 3.8) is 0 Å². The first-order valence-corrected chi connectivity index (χ1v) is 14.2. The van der Waals surface area contributed by atoms with Crippen molar-refractivity contribution in [2.24, 2.45) is 0 Å². The molecular weight excluding hydrogens is 558 g/mol. The van der Waals surface area contributed by atoms with E-state index in [4.69, 9.17) is 25.8 Å². The molecule has 0 bridgehead atoms. The Kier molecular flexibility index (Phi) is 10.6. The molecule has 0 spiro atoms. The number of carbonyl (C=O) groups is 2. The van der Waals surface area contributed by atoms with Crippen molar-refractivity contribution >= 4 is 44.8 Å². The third kappa shape index (κ3) is 7.16. The van der Waals surface area contributed by atoms with Gasteiger partial charge in [-0.05, 0) is 48.9 Å². The highest BCUT2D eigenvalue weighted by atomic mass is 35.5. The maximum Gasteiger partial charge on any atom is 0.265 e. The standard InChI is InChI=1S/C28H32ClN3O7S/c1-5-6-15-30-28(34)21-9-7-8-10-22(21)31-27(33)18-32(23-16-19(29)11-13-24(23)37-2)40(35,36)20-12-14-25(38-3)26(17-20)39-4/h7-14,16-17H,5-6,15,18H2,1-4H3,(H,30,34)(H,31,33). The Morgan fingerprint density at radius 3 is 2.25 bits per heavy atom. The average molecular weight is 590 g/mol. The van der Waals surface area contributed by atoms with Crippen molar-refractivity contribution in [1.29, 1.82) is 0 Å². The van der Waals surface area contributed by atoms with Crippen LogP contribution >= 0.6 is 11.6 Å². The molecule has 0 aliphatic carbocycles. The highest BCUT2D eigenvalue weighted by Crippen LogP contribution is 2.37. The molecule has 0 aromatic heterocycles. The van der Waals surface area contributed by atoms with Crippen LogP contribution in [-0.4, -0.2) is 54.7 Å². The summed E-state index contributed by atoms with van der Waals surface area (Å²) in [5, 5.41) is 5.73. The van der Waals surface area contributed by atoms with Gasteiger partial charge in [0.15, 0.2) is 11.5 Å². The van der Waals surface area contributed by atoms with E-state index in [0.717, 1.165) is 17.1 Å². The summed E-state index contributed by atoms with van der Waals surface area (Å²) in [6.45, 7) is 1.85. The van der Waals surface area contributed by atoms with E-state index < -0.39 is 22.5 Å². The molecule has 40 heavy (non-hydrogen) atoms. The van der Waals surface area contributed by atoms with Crippen LogP contribution in [0.3, 0.4) is 0 Å². The van der Waals surface area contributed by atoms with Gasteiger partial charge >= 0.3 is 0 Å². The monoisotopic (exact) mass is 589 g/mol. The lowest BCUT2D eigenvalue weighted by Crippen LogP contribution is -2.38. The van der Waals surface area contributed by atoms with Crippen LogP contribution in [0.25, 0.3) is 0 Å². The first-order chi connectivity index (χ1) is 19.2. The van der Waals surface area contributed by atoms with Crippen LogP contribution < -0.4 is 29.1 Å². The number of amides is 2. The second-order valence-electron chi connectivity index (χ2n) is 8.55. The Bertz CT molecular complexity index is 1460. The Balaban J connectivity index is 2.01. The molecule has 0 unspecified atom stereocenters. The molecule has 0 saturated carbocycles. The fourth-order valence-corrected chi connectivity index (χ4v) is 5.45. The van der Waals surface area contributed by atoms with Gasteiger partial charge in [-0.3, -0.25) is 13.9 Å². The molecule has 214 valence electrons. The van der Waals surface area contributed by atoms with Crippen molar-refractivity contribution in [2.75, 3.05) is 44.0 Å². The maximum absolute atomic E-state index is 14.0. The van der Waals surface area contributed by atoms with Crippen LogP contribution in [0.2, 0.25) is 5.02 Å². The van der Waals surface area contributed by atoms with E-state index >= 15 is 0 Å². The van der Waals surface area contributed by atoms with Crippen molar-refractivity contribution in [3.8, 4) is 17.2 Å². The fourth-order valence-electron chi connectivity index (χ4n) is 3.85. The van der Waals surface area contributed by atoms with Crippen LogP contribution in [0, 0.1) is 0 Å². The van der Waals surface area contributed by atoms with E-state index in [-0.39, 0.29) is 44.3 Å². The van der Waals surface area contributed by atoms with Gasteiger partial charge in [0, 0.05) is 17.6 Å². The summed E-state index contributed by atoms with van der Waals surface area (Å²) < 4.78 is 44.7. The first-order valence-electron chi connectivity index (χ1n) is 12.4. The van der Waals surface area contributed by atoms with Gasteiger partial charge in [-0.2, -0.15) is 0 Å². The van der Waals surface area contributed by atoms with Crippen molar-refractivity contribution in [3.05, 3.63) is 71.2 Å². The molecule has 3 aromatic rings. The molecule has 0 radical (unpaired) electrons. The zero-order chi connectivity index (χ0) is 29.3. The van der Waals surface area contributed by atoms with E-state index in [9.17, 15) is 18.0 Å². The summed E-state index contributed by atoms with van der Waals surface area (Å²) >= 11 is 6.22. The number of nitrogens with zero attached hydrogens (tertiary/aromatic N) is 1. The average Bonchev–Trinajstić information content (AvgIpc) is 2.95. The molecule has 0 fully saturated rings. The third-order valence-electron chi connectivity index (χ3n) is 5.90. The molecule has 3 rings (SSSR count). The number of unbranched alkanes of at least 4 members (excludes halogenated alkanes) is 1. The van der Waals surface area contributed by atoms with E-state index in [1.807, 2.05) is 6.92 Å².